The van der Waals surface area contributed by atoms with Crippen LogP contribution in [0.2, 0.25) is 0 Å². The van der Waals surface area contributed by atoms with E-state index < -0.39 is 0 Å². The van der Waals surface area contributed by atoms with Gasteiger partial charge in [0, 0.05) is 25.2 Å². The number of hydrogen-bond acceptors (Lipinski definition) is 3. The smallest absolute Gasteiger partial charge is 0.315 e. The van der Waals surface area contributed by atoms with Gasteiger partial charge in [0.15, 0.2) is 0 Å². The third-order valence-electron chi connectivity index (χ3n) is 3.92. The Bertz CT molecular complexity index is 758. The molecule has 0 aliphatic heterocycles. The highest BCUT2D eigenvalue weighted by atomic mass is 16.5. The molecule has 2 aromatic carbocycles. The number of carbonyl (C=O) groups excluding carboxylic acids is 2. The molecule has 27 heavy (non-hydrogen) atoms. The largest absolute Gasteiger partial charge is 0.497 e. The first kappa shape index (κ1) is 20.3. The lowest BCUT2D eigenvalue weighted by Crippen LogP contribution is -2.37. The van der Waals surface area contributed by atoms with Crippen LogP contribution >= 0.6 is 0 Å². The minimum absolute atomic E-state index is 0.144. The summed E-state index contributed by atoms with van der Waals surface area (Å²) in [6.07, 6.45) is 0. The summed E-state index contributed by atoms with van der Waals surface area (Å²) in [5.74, 6) is 0.979. The van der Waals surface area contributed by atoms with Crippen molar-refractivity contribution in [3.63, 3.8) is 0 Å². The summed E-state index contributed by atoms with van der Waals surface area (Å²) in [7, 11) is 1.59. The zero-order valence-electron chi connectivity index (χ0n) is 16.0. The van der Waals surface area contributed by atoms with Crippen LogP contribution in [-0.4, -0.2) is 25.6 Å². The van der Waals surface area contributed by atoms with Crippen LogP contribution in [0.5, 0.6) is 5.75 Å². The fourth-order valence-electron chi connectivity index (χ4n) is 2.42. The number of methoxy groups -OCH3 is 1. The summed E-state index contributed by atoms with van der Waals surface area (Å²) in [4.78, 5) is 24.0. The predicted octanol–water partition coefficient (Wildman–Crippen LogP) is 3.08. The maximum Gasteiger partial charge on any atom is 0.315 e. The van der Waals surface area contributed by atoms with Crippen molar-refractivity contribution in [1.82, 2.24) is 16.0 Å². The standard InChI is InChI=1S/C21H27N3O3/c1-15(2)12-23-21(26)24-14-17-6-4-5-16(11-17)13-22-20(25)18-7-9-19(27-3)10-8-18/h4-11,15H,12-14H2,1-3H3,(H,22,25)(H2,23,24,26). The van der Waals surface area contributed by atoms with Gasteiger partial charge in [0.2, 0.25) is 0 Å². The van der Waals surface area contributed by atoms with Gasteiger partial charge in [0.1, 0.15) is 5.75 Å². The van der Waals surface area contributed by atoms with Gasteiger partial charge in [0.25, 0.3) is 5.91 Å². The minimum atomic E-state index is -0.179. The summed E-state index contributed by atoms with van der Waals surface area (Å²) >= 11 is 0. The molecule has 2 aromatic rings. The molecule has 0 aromatic heterocycles. The van der Waals surface area contributed by atoms with Crippen molar-refractivity contribution in [2.24, 2.45) is 5.92 Å². The third kappa shape index (κ3) is 7.01. The van der Waals surface area contributed by atoms with E-state index in [2.05, 4.69) is 16.0 Å². The van der Waals surface area contributed by atoms with Crippen LogP contribution in [0.4, 0.5) is 4.79 Å². The molecule has 6 heteroatoms. The van der Waals surface area contributed by atoms with E-state index in [0.717, 1.165) is 11.1 Å². The van der Waals surface area contributed by atoms with Gasteiger partial charge in [-0.25, -0.2) is 4.79 Å². The number of urea groups is 1. The van der Waals surface area contributed by atoms with Crippen LogP contribution in [0.15, 0.2) is 48.5 Å². The highest BCUT2D eigenvalue weighted by Gasteiger charge is 2.06. The summed E-state index contributed by atoms with van der Waals surface area (Å²) in [5.41, 5.74) is 2.53. The van der Waals surface area contributed by atoms with E-state index in [1.807, 2.05) is 38.1 Å². The molecule has 0 aliphatic rings. The Kier molecular flexibility index (Phi) is 7.67. The van der Waals surface area contributed by atoms with E-state index in [-0.39, 0.29) is 11.9 Å². The maximum atomic E-state index is 12.2. The first-order valence-electron chi connectivity index (χ1n) is 8.99. The monoisotopic (exact) mass is 369 g/mol. The Hall–Kier alpha value is -3.02. The number of rotatable bonds is 8. The molecule has 2 rings (SSSR count). The Morgan fingerprint density at radius 1 is 0.926 bits per heavy atom. The van der Waals surface area contributed by atoms with Gasteiger partial charge >= 0.3 is 6.03 Å². The van der Waals surface area contributed by atoms with Crippen molar-refractivity contribution in [2.45, 2.75) is 26.9 Å². The van der Waals surface area contributed by atoms with Crippen molar-refractivity contribution in [2.75, 3.05) is 13.7 Å². The number of carbonyl (C=O) groups is 2. The van der Waals surface area contributed by atoms with Gasteiger partial charge in [-0.05, 0) is 41.3 Å². The molecule has 0 fully saturated rings. The highest BCUT2D eigenvalue weighted by molar-refractivity contribution is 5.94. The molecule has 144 valence electrons. The van der Waals surface area contributed by atoms with Crippen LogP contribution in [0.25, 0.3) is 0 Å². The lowest BCUT2D eigenvalue weighted by molar-refractivity contribution is 0.0951. The SMILES string of the molecule is COc1ccc(C(=O)NCc2cccc(CNC(=O)NCC(C)C)c2)cc1. The van der Waals surface area contributed by atoms with Crippen LogP contribution in [0.1, 0.15) is 35.3 Å². The van der Waals surface area contributed by atoms with E-state index in [4.69, 9.17) is 4.74 Å². The Balaban J connectivity index is 1.84. The normalized spacial score (nSPS) is 10.4. The maximum absolute atomic E-state index is 12.2. The molecule has 0 aliphatic carbocycles. The van der Waals surface area contributed by atoms with Crippen LogP contribution in [0.3, 0.4) is 0 Å². The molecule has 0 atom stereocenters. The van der Waals surface area contributed by atoms with Gasteiger partial charge in [-0.3, -0.25) is 4.79 Å². The fraction of sp³-hybridized carbons (Fsp3) is 0.333. The molecule has 0 spiro atoms. The van der Waals surface area contributed by atoms with E-state index in [9.17, 15) is 9.59 Å². The Morgan fingerprint density at radius 2 is 1.56 bits per heavy atom. The zero-order valence-corrected chi connectivity index (χ0v) is 16.0. The first-order valence-corrected chi connectivity index (χ1v) is 8.99. The van der Waals surface area contributed by atoms with Crippen LogP contribution < -0.4 is 20.7 Å². The van der Waals surface area contributed by atoms with Crippen molar-refractivity contribution < 1.29 is 14.3 Å². The van der Waals surface area contributed by atoms with Crippen molar-refractivity contribution in [1.29, 1.82) is 0 Å². The van der Waals surface area contributed by atoms with Crippen molar-refractivity contribution >= 4 is 11.9 Å². The topological polar surface area (TPSA) is 79.5 Å². The molecule has 0 saturated carbocycles. The van der Waals surface area contributed by atoms with E-state index in [0.29, 0.717) is 36.9 Å². The van der Waals surface area contributed by atoms with Crippen molar-refractivity contribution in [3.05, 3.63) is 65.2 Å². The molecular weight excluding hydrogens is 342 g/mol. The van der Waals surface area contributed by atoms with E-state index >= 15 is 0 Å². The number of amides is 3. The lowest BCUT2D eigenvalue weighted by Gasteiger charge is -2.11. The second kappa shape index (κ2) is 10.2. The van der Waals surface area contributed by atoms with Gasteiger partial charge in [-0.1, -0.05) is 38.1 Å². The quantitative estimate of drug-likeness (QED) is 0.669. The summed E-state index contributed by atoms with van der Waals surface area (Å²) in [5, 5.41) is 8.55. The summed E-state index contributed by atoms with van der Waals surface area (Å²) in [6, 6.07) is 14.6. The molecule has 6 nitrogen and oxygen atoms in total. The number of nitrogens with one attached hydrogen (secondary N) is 3. The number of benzene rings is 2. The molecule has 0 heterocycles. The molecule has 3 amide bonds. The van der Waals surface area contributed by atoms with Gasteiger partial charge < -0.3 is 20.7 Å². The molecular formula is C21H27N3O3. The number of ether oxygens (including phenoxy) is 1. The van der Waals surface area contributed by atoms with E-state index in [1.165, 1.54) is 0 Å². The molecule has 0 bridgehead atoms. The van der Waals surface area contributed by atoms with Gasteiger partial charge in [-0.2, -0.15) is 0 Å². The third-order valence-corrected chi connectivity index (χ3v) is 3.92. The molecule has 0 radical (unpaired) electrons. The molecule has 0 saturated heterocycles. The number of hydrogen-bond donors (Lipinski definition) is 3. The Morgan fingerprint density at radius 3 is 2.15 bits per heavy atom. The van der Waals surface area contributed by atoms with Crippen molar-refractivity contribution in [3.8, 4) is 5.75 Å². The van der Waals surface area contributed by atoms with Gasteiger partial charge in [0.05, 0.1) is 7.11 Å². The highest BCUT2D eigenvalue weighted by Crippen LogP contribution is 2.11. The van der Waals surface area contributed by atoms with Crippen LogP contribution in [-0.2, 0) is 13.1 Å². The fourth-order valence-corrected chi connectivity index (χ4v) is 2.42. The molecule has 0 unspecified atom stereocenters. The second-order valence-corrected chi connectivity index (χ2v) is 6.69. The minimum Gasteiger partial charge on any atom is -0.497 e. The Labute approximate surface area is 160 Å². The summed E-state index contributed by atoms with van der Waals surface area (Å²) < 4.78 is 5.09. The predicted molar refractivity (Wildman–Crippen MR) is 106 cm³/mol. The zero-order chi connectivity index (χ0) is 19.6. The average Bonchev–Trinajstić information content (AvgIpc) is 2.69. The molecule has 3 N–H and O–H groups in total. The van der Waals surface area contributed by atoms with Gasteiger partial charge in [-0.15, -0.1) is 0 Å². The lowest BCUT2D eigenvalue weighted by atomic mass is 10.1. The second-order valence-electron chi connectivity index (χ2n) is 6.69. The van der Waals surface area contributed by atoms with E-state index in [1.54, 1.807) is 31.4 Å². The first-order chi connectivity index (χ1) is 13.0. The summed E-state index contributed by atoms with van der Waals surface area (Å²) in [6.45, 7) is 5.58. The van der Waals surface area contributed by atoms with Crippen LogP contribution in [0, 0.1) is 5.92 Å². The average molecular weight is 369 g/mol.